The lowest BCUT2D eigenvalue weighted by atomic mass is 9.97. The Morgan fingerprint density at radius 1 is 1.10 bits per heavy atom. The Morgan fingerprint density at radius 2 is 1.87 bits per heavy atom. The summed E-state index contributed by atoms with van der Waals surface area (Å²) in [5, 5.41) is 1.98. The summed E-state index contributed by atoms with van der Waals surface area (Å²) in [7, 11) is 0. The maximum atomic E-state index is 12.8. The number of hydrogen-bond acceptors (Lipinski definition) is 6. The zero-order valence-corrected chi connectivity index (χ0v) is 19.4. The molecular weight excluding hydrogens is 453 g/mol. The van der Waals surface area contributed by atoms with Gasteiger partial charge in [-0.25, -0.2) is 9.97 Å². The second-order valence-electron chi connectivity index (χ2n) is 8.11. The largest absolute Gasteiger partial charge is 0.383 e. The predicted octanol–water partition coefficient (Wildman–Crippen LogP) is 4.42. The average molecular weight is 476 g/mol. The number of nitrogens with two attached hydrogens (primary N) is 1. The molecule has 2 aromatic heterocycles. The second-order valence-corrected chi connectivity index (χ2v) is 10.0. The van der Waals surface area contributed by atoms with Crippen LogP contribution in [0.25, 0.3) is 10.2 Å². The highest BCUT2D eigenvalue weighted by molar-refractivity contribution is 7.19. The number of carbonyl (C=O) groups is 1. The zero-order chi connectivity index (χ0) is 21.5. The van der Waals surface area contributed by atoms with Crippen molar-refractivity contribution in [2.45, 2.75) is 32.2 Å². The number of thiophene rings is 1. The zero-order valence-electron chi connectivity index (χ0n) is 17.0. The summed E-state index contributed by atoms with van der Waals surface area (Å²) < 4.78 is 0. The smallest absolute Gasteiger partial charge is 0.255 e. The van der Waals surface area contributed by atoms with E-state index in [-0.39, 0.29) is 5.91 Å². The molecule has 0 saturated carbocycles. The van der Waals surface area contributed by atoms with E-state index >= 15 is 0 Å². The summed E-state index contributed by atoms with van der Waals surface area (Å²) >= 11 is 13.9. The molecule has 0 unspecified atom stereocenters. The lowest BCUT2D eigenvalue weighted by molar-refractivity contribution is 0.0626. The molecule has 2 N–H and O–H groups in total. The number of fused-ring (bicyclic) bond motifs is 3. The van der Waals surface area contributed by atoms with E-state index < -0.39 is 0 Å². The van der Waals surface area contributed by atoms with Crippen molar-refractivity contribution in [1.82, 2.24) is 19.8 Å². The van der Waals surface area contributed by atoms with Crippen LogP contribution in [0.5, 0.6) is 0 Å². The van der Waals surface area contributed by atoms with E-state index in [2.05, 4.69) is 9.88 Å². The molecule has 0 spiro atoms. The maximum Gasteiger partial charge on any atom is 0.255 e. The number of benzene rings is 1. The summed E-state index contributed by atoms with van der Waals surface area (Å²) in [5.41, 5.74) is 8.20. The summed E-state index contributed by atoms with van der Waals surface area (Å²) in [4.78, 5) is 28.8. The number of aryl methyl sites for hydroxylation is 2. The number of aromatic nitrogens is 2. The van der Waals surface area contributed by atoms with Gasteiger partial charge in [0.1, 0.15) is 16.5 Å². The highest BCUT2D eigenvalue weighted by atomic mass is 35.5. The van der Waals surface area contributed by atoms with Crippen LogP contribution in [0, 0.1) is 0 Å². The third kappa shape index (κ3) is 4.12. The van der Waals surface area contributed by atoms with Gasteiger partial charge in [-0.2, -0.15) is 0 Å². The van der Waals surface area contributed by atoms with Crippen molar-refractivity contribution in [1.29, 1.82) is 0 Å². The summed E-state index contributed by atoms with van der Waals surface area (Å²) in [6.07, 6.45) is 4.66. The fraction of sp³-hybridized carbons (Fsp3) is 0.409. The number of nitrogens with zero attached hydrogens (tertiary/aromatic N) is 4. The number of halogens is 2. The monoisotopic (exact) mass is 475 g/mol. The molecule has 1 aromatic carbocycles. The van der Waals surface area contributed by atoms with Gasteiger partial charge in [0.25, 0.3) is 5.91 Å². The maximum absolute atomic E-state index is 12.8. The minimum Gasteiger partial charge on any atom is -0.383 e. The second kappa shape index (κ2) is 8.54. The van der Waals surface area contributed by atoms with Crippen LogP contribution in [0.15, 0.2) is 18.2 Å². The molecule has 2 aliphatic rings. The third-order valence-corrected chi connectivity index (χ3v) is 7.81. The first kappa shape index (κ1) is 20.9. The quantitative estimate of drug-likeness (QED) is 0.606. The SMILES string of the molecule is Nc1nc(CN2CCN(C(=O)c3ccc(Cl)cc3Cl)CC2)nc2sc3c(c12)CCCC3. The van der Waals surface area contributed by atoms with Crippen molar-refractivity contribution in [2.24, 2.45) is 0 Å². The molecule has 1 amide bonds. The van der Waals surface area contributed by atoms with E-state index in [0.29, 0.717) is 41.1 Å². The van der Waals surface area contributed by atoms with Gasteiger partial charge in [0, 0.05) is 36.1 Å². The molecule has 1 saturated heterocycles. The molecule has 31 heavy (non-hydrogen) atoms. The average Bonchev–Trinajstić information content (AvgIpc) is 3.12. The molecule has 5 rings (SSSR count). The first-order valence-electron chi connectivity index (χ1n) is 10.5. The first-order valence-corrected chi connectivity index (χ1v) is 12.1. The van der Waals surface area contributed by atoms with Crippen LogP contribution in [0.3, 0.4) is 0 Å². The summed E-state index contributed by atoms with van der Waals surface area (Å²) in [6, 6.07) is 4.98. The lowest BCUT2D eigenvalue weighted by Crippen LogP contribution is -2.48. The van der Waals surface area contributed by atoms with Crippen LogP contribution in [0.1, 0.15) is 39.5 Å². The van der Waals surface area contributed by atoms with Crippen molar-refractivity contribution in [3.8, 4) is 0 Å². The summed E-state index contributed by atoms with van der Waals surface area (Å²) in [5.74, 6) is 1.29. The minimum absolute atomic E-state index is 0.0626. The van der Waals surface area contributed by atoms with E-state index in [9.17, 15) is 4.79 Å². The number of carbonyl (C=O) groups excluding carboxylic acids is 1. The normalized spacial score (nSPS) is 17.2. The van der Waals surface area contributed by atoms with Gasteiger partial charge in [0.05, 0.1) is 22.5 Å². The van der Waals surface area contributed by atoms with Crippen LogP contribution in [0.4, 0.5) is 5.82 Å². The molecular formula is C22H23Cl2N5OS. The molecule has 162 valence electrons. The van der Waals surface area contributed by atoms with Crippen LogP contribution in [-0.4, -0.2) is 51.9 Å². The number of anilines is 1. The number of nitrogen functional groups attached to an aromatic ring is 1. The molecule has 3 aromatic rings. The molecule has 6 nitrogen and oxygen atoms in total. The number of amides is 1. The molecule has 3 heterocycles. The Kier molecular flexibility index (Phi) is 5.77. The third-order valence-electron chi connectivity index (χ3n) is 6.08. The Morgan fingerprint density at radius 3 is 2.65 bits per heavy atom. The van der Waals surface area contributed by atoms with Crippen LogP contribution in [-0.2, 0) is 19.4 Å². The molecule has 9 heteroatoms. The Labute approximate surface area is 195 Å². The van der Waals surface area contributed by atoms with E-state index in [0.717, 1.165) is 42.0 Å². The topological polar surface area (TPSA) is 75.3 Å². The fourth-order valence-electron chi connectivity index (χ4n) is 4.44. The van der Waals surface area contributed by atoms with E-state index in [4.69, 9.17) is 33.9 Å². The number of rotatable bonds is 3. The van der Waals surface area contributed by atoms with Gasteiger partial charge in [-0.05, 0) is 49.4 Å². The van der Waals surface area contributed by atoms with Gasteiger partial charge in [-0.3, -0.25) is 9.69 Å². The summed E-state index contributed by atoms with van der Waals surface area (Å²) in [6.45, 7) is 3.39. The first-order chi connectivity index (χ1) is 15.0. The van der Waals surface area contributed by atoms with Crippen molar-refractivity contribution < 1.29 is 4.79 Å². The van der Waals surface area contributed by atoms with E-state index in [1.165, 1.54) is 23.3 Å². The molecule has 0 bridgehead atoms. The van der Waals surface area contributed by atoms with Gasteiger partial charge >= 0.3 is 0 Å². The Bertz CT molecular complexity index is 1160. The van der Waals surface area contributed by atoms with Crippen LogP contribution < -0.4 is 5.73 Å². The standard InChI is InChI=1S/C22H23Cl2N5OS/c23-13-5-6-14(16(24)11-13)22(30)29-9-7-28(8-10-29)12-18-26-20(25)19-15-3-1-2-4-17(15)31-21(19)27-18/h5-6,11H,1-4,7-10,12H2,(H2,25,26,27). The van der Waals surface area contributed by atoms with Gasteiger partial charge in [0.15, 0.2) is 0 Å². The van der Waals surface area contributed by atoms with Crippen molar-refractivity contribution in [3.05, 3.63) is 50.1 Å². The van der Waals surface area contributed by atoms with Crippen molar-refractivity contribution in [3.63, 3.8) is 0 Å². The molecule has 1 fully saturated rings. The fourth-order valence-corrected chi connectivity index (χ4v) is 6.22. The molecule has 1 aliphatic carbocycles. The highest BCUT2D eigenvalue weighted by Crippen LogP contribution is 2.37. The van der Waals surface area contributed by atoms with Crippen molar-refractivity contribution >= 4 is 56.5 Å². The van der Waals surface area contributed by atoms with Gasteiger partial charge in [-0.15, -0.1) is 11.3 Å². The van der Waals surface area contributed by atoms with E-state index in [1.54, 1.807) is 29.5 Å². The molecule has 0 atom stereocenters. The number of hydrogen-bond donors (Lipinski definition) is 1. The van der Waals surface area contributed by atoms with Gasteiger partial charge in [-0.1, -0.05) is 23.2 Å². The van der Waals surface area contributed by atoms with Crippen LogP contribution in [0.2, 0.25) is 10.0 Å². The van der Waals surface area contributed by atoms with Gasteiger partial charge in [0.2, 0.25) is 0 Å². The highest BCUT2D eigenvalue weighted by Gasteiger charge is 2.25. The molecule has 0 radical (unpaired) electrons. The van der Waals surface area contributed by atoms with Crippen molar-refractivity contribution in [2.75, 3.05) is 31.9 Å². The Hall–Kier alpha value is -1.93. The molecule has 1 aliphatic heterocycles. The lowest BCUT2D eigenvalue weighted by Gasteiger charge is -2.34. The Balaban J connectivity index is 1.26. The van der Waals surface area contributed by atoms with E-state index in [1.807, 2.05) is 4.90 Å². The van der Waals surface area contributed by atoms with Gasteiger partial charge < -0.3 is 10.6 Å². The number of piperazine rings is 1. The minimum atomic E-state index is -0.0626. The van der Waals surface area contributed by atoms with Crippen LogP contribution >= 0.6 is 34.5 Å². The predicted molar refractivity (Wildman–Crippen MR) is 126 cm³/mol.